The van der Waals surface area contributed by atoms with Gasteiger partial charge in [0.2, 0.25) is 0 Å². The molecule has 0 aliphatic rings. The number of halogens is 1. The van der Waals surface area contributed by atoms with Gasteiger partial charge in [0.25, 0.3) is 0 Å². The van der Waals surface area contributed by atoms with Crippen molar-refractivity contribution in [2.45, 2.75) is 0 Å². The van der Waals surface area contributed by atoms with Crippen LogP contribution in [-0.4, -0.2) is 42.9 Å². The Morgan fingerprint density at radius 3 is 2.30 bits per heavy atom. The molecule has 0 atom stereocenters. The molecule has 0 radical (unpaired) electrons. The predicted octanol–water partition coefficient (Wildman–Crippen LogP) is 3.30. The van der Waals surface area contributed by atoms with Gasteiger partial charge in [-0.25, -0.2) is 9.59 Å². The van der Waals surface area contributed by atoms with Gasteiger partial charge >= 0.3 is 11.9 Å². The summed E-state index contributed by atoms with van der Waals surface area (Å²) in [6.45, 7) is -0.657. The highest BCUT2D eigenvalue weighted by Gasteiger charge is 2.24. The van der Waals surface area contributed by atoms with Crippen molar-refractivity contribution in [2.75, 3.05) is 25.6 Å². The normalized spacial score (nSPS) is 10.4. The number of hydrogen-bond donors (Lipinski definition) is 2. The number of benzene rings is 1. The van der Waals surface area contributed by atoms with Crippen LogP contribution in [0.5, 0.6) is 5.75 Å². The average molecular weight is 356 g/mol. The molecular weight excluding hydrogens is 342 g/mol. The van der Waals surface area contributed by atoms with Crippen molar-refractivity contribution in [3.05, 3.63) is 34.2 Å². The Morgan fingerprint density at radius 2 is 1.83 bits per heavy atom. The topological polar surface area (TPSA) is 87.1 Å². The van der Waals surface area contributed by atoms with E-state index in [0.717, 1.165) is 22.6 Å². The van der Waals surface area contributed by atoms with Crippen molar-refractivity contribution < 1.29 is 24.5 Å². The molecule has 0 saturated carbocycles. The number of rotatable bonds is 6. The molecule has 0 aliphatic carbocycles. The van der Waals surface area contributed by atoms with Crippen LogP contribution in [0.3, 0.4) is 0 Å². The molecule has 2 rings (SSSR count). The molecule has 0 saturated heterocycles. The fourth-order valence-electron chi connectivity index (χ4n) is 1.90. The van der Waals surface area contributed by atoms with Crippen LogP contribution in [0.1, 0.15) is 9.67 Å². The van der Waals surface area contributed by atoms with E-state index in [9.17, 15) is 14.7 Å². The number of carboxylic acid groups (broad SMARTS) is 2. The Hall–Kier alpha value is -2.25. The maximum absolute atomic E-state index is 11.3. The van der Waals surface area contributed by atoms with Crippen LogP contribution in [0.25, 0.3) is 10.4 Å². The van der Waals surface area contributed by atoms with E-state index in [-0.39, 0.29) is 15.6 Å². The zero-order valence-electron chi connectivity index (χ0n) is 12.4. The third kappa shape index (κ3) is 3.75. The highest BCUT2D eigenvalue weighted by molar-refractivity contribution is 7.18. The van der Waals surface area contributed by atoms with Crippen molar-refractivity contribution >= 4 is 40.6 Å². The fraction of sp³-hybridized carbons (Fsp3) is 0.200. The highest BCUT2D eigenvalue weighted by Crippen LogP contribution is 2.45. The van der Waals surface area contributed by atoms with E-state index >= 15 is 0 Å². The van der Waals surface area contributed by atoms with Crippen molar-refractivity contribution in [1.29, 1.82) is 0 Å². The van der Waals surface area contributed by atoms with Crippen LogP contribution in [0, 0.1) is 0 Å². The fourth-order valence-corrected chi connectivity index (χ4v) is 3.31. The van der Waals surface area contributed by atoms with Gasteiger partial charge in [0.05, 0.1) is 4.88 Å². The van der Waals surface area contributed by atoms with Gasteiger partial charge in [0.15, 0.2) is 17.2 Å². The summed E-state index contributed by atoms with van der Waals surface area (Å²) < 4.78 is 5.04. The van der Waals surface area contributed by atoms with Gasteiger partial charge in [-0.1, -0.05) is 23.7 Å². The number of carboxylic acids is 2. The second-order valence-electron chi connectivity index (χ2n) is 4.83. The standard InChI is InChI=1S/C15H14ClNO5S/c1-17(2)9-5-3-8(4-6-9)13-11(16)12(22-7-10(18)19)14(23-13)15(20)21/h3-6H,7H2,1-2H3,(H,18,19)(H,20,21). The van der Waals surface area contributed by atoms with Gasteiger partial charge in [0, 0.05) is 19.8 Å². The molecule has 122 valence electrons. The second-order valence-corrected chi connectivity index (χ2v) is 6.23. The van der Waals surface area contributed by atoms with Crippen LogP contribution in [0.15, 0.2) is 24.3 Å². The van der Waals surface area contributed by atoms with Crippen molar-refractivity contribution in [2.24, 2.45) is 0 Å². The molecule has 1 aromatic heterocycles. The van der Waals surface area contributed by atoms with E-state index in [1.807, 2.05) is 43.3 Å². The first-order chi connectivity index (χ1) is 10.8. The zero-order chi connectivity index (χ0) is 17.1. The molecule has 2 N–H and O–H groups in total. The third-order valence-electron chi connectivity index (χ3n) is 2.99. The number of thiophene rings is 1. The summed E-state index contributed by atoms with van der Waals surface area (Å²) in [6.07, 6.45) is 0. The number of hydrogen-bond acceptors (Lipinski definition) is 5. The highest BCUT2D eigenvalue weighted by atomic mass is 35.5. The first kappa shape index (κ1) is 17.1. The van der Waals surface area contributed by atoms with E-state index in [1.165, 1.54) is 0 Å². The minimum absolute atomic E-state index is 0.103. The minimum Gasteiger partial charge on any atom is -0.479 e. The molecule has 1 heterocycles. The van der Waals surface area contributed by atoms with Crippen LogP contribution < -0.4 is 9.64 Å². The molecule has 23 heavy (non-hydrogen) atoms. The lowest BCUT2D eigenvalue weighted by Crippen LogP contribution is -2.10. The molecular formula is C15H14ClNO5S. The van der Waals surface area contributed by atoms with E-state index in [0.29, 0.717) is 4.88 Å². The lowest BCUT2D eigenvalue weighted by molar-refractivity contribution is -0.139. The van der Waals surface area contributed by atoms with Crippen molar-refractivity contribution in [1.82, 2.24) is 0 Å². The maximum Gasteiger partial charge on any atom is 0.349 e. The Morgan fingerprint density at radius 1 is 1.22 bits per heavy atom. The molecule has 0 unspecified atom stereocenters. The molecule has 8 heteroatoms. The first-order valence-electron chi connectivity index (χ1n) is 6.49. The van der Waals surface area contributed by atoms with Gasteiger partial charge in [-0.15, -0.1) is 11.3 Å². The lowest BCUT2D eigenvalue weighted by atomic mass is 10.1. The van der Waals surface area contributed by atoms with Crippen LogP contribution in [0.2, 0.25) is 5.02 Å². The number of carbonyl (C=O) groups is 2. The van der Waals surface area contributed by atoms with E-state index in [2.05, 4.69) is 0 Å². The predicted molar refractivity (Wildman–Crippen MR) is 89.2 cm³/mol. The summed E-state index contributed by atoms with van der Waals surface area (Å²) >= 11 is 7.16. The van der Waals surface area contributed by atoms with Gasteiger partial charge in [0.1, 0.15) is 5.02 Å². The summed E-state index contributed by atoms with van der Waals surface area (Å²) in [6, 6.07) is 7.40. The first-order valence-corrected chi connectivity index (χ1v) is 7.68. The zero-order valence-corrected chi connectivity index (χ0v) is 13.9. The molecule has 0 fully saturated rings. The minimum atomic E-state index is -1.21. The summed E-state index contributed by atoms with van der Waals surface area (Å²) in [5.74, 6) is -2.54. The molecule has 0 spiro atoms. The molecule has 0 amide bonds. The number of nitrogens with zero attached hydrogens (tertiary/aromatic N) is 1. The maximum atomic E-state index is 11.3. The Labute approximate surface area is 141 Å². The Balaban J connectivity index is 2.44. The third-order valence-corrected chi connectivity index (χ3v) is 4.67. The number of ether oxygens (including phenoxy) is 1. The van der Waals surface area contributed by atoms with Gasteiger partial charge in [-0.2, -0.15) is 0 Å². The smallest absolute Gasteiger partial charge is 0.349 e. The van der Waals surface area contributed by atoms with Crippen LogP contribution >= 0.6 is 22.9 Å². The molecule has 0 aliphatic heterocycles. The lowest BCUT2D eigenvalue weighted by Gasteiger charge is -2.12. The van der Waals surface area contributed by atoms with E-state index < -0.39 is 18.5 Å². The number of anilines is 1. The monoisotopic (exact) mass is 355 g/mol. The molecule has 6 nitrogen and oxygen atoms in total. The van der Waals surface area contributed by atoms with Crippen LogP contribution in [0.4, 0.5) is 5.69 Å². The summed E-state index contributed by atoms with van der Waals surface area (Å²) in [7, 11) is 3.82. The SMILES string of the molecule is CN(C)c1ccc(-c2sc(C(=O)O)c(OCC(=O)O)c2Cl)cc1. The number of aromatic carboxylic acids is 1. The van der Waals surface area contributed by atoms with Gasteiger partial charge in [-0.05, 0) is 17.7 Å². The summed E-state index contributed by atoms with van der Waals surface area (Å²) in [4.78, 5) is 24.3. The average Bonchev–Trinajstić information content (AvgIpc) is 2.82. The number of aliphatic carboxylic acids is 1. The molecule has 0 bridgehead atoms. The van der Waals surface area contributed by atoms with Gasteiger partial charge < -0.3 is 19.8 Å². The Kier molecular flexibility index (Phi) is 5.12. The van der Waals surface area contributed by atoms with E-state index in [4.69, 9.17) is 21.4 Å². The quantitative estimate of drug-likeness (QED) is 0.826. The van der Waals surface area contributed by atoms with Crippen molar-refractivity contribution in [3.8, 4) is 16.2 Å². The Bertz CT molecular complexity index is 739. The van der Waals surface area contributed by atoms with E-state index in [1.54, 1.807) is 0 Å². The van der Waals surface area contributed by atoms with Crippen LogP contribution in [-0.2, 0) is 4.79 Å². The second kappa shape index (κ2) is 6.89. The van der Waals surface area contributed by atoms with Gasteiger partial charge in [-0.3, -0.25) is 0 Å². The molecule has 2 aromatic rings. The largest absolute Gasteiger partial charge is 0.479 e. The van der Waals surface area contributed by atoms with Crippen molar-refractivity contribution in [3.63, 3.8) is 0 Å². The molecule has 1 aromatic carbocycles. The summed E-state index contributed by atoms with van der Waals surface area (Å²) in [5.41, 5.74) is 1.72. The summed E-state index contributed by atoms with van der Waals surface area (Å²) in [5, 5.41) is 18.0.